The molecule has 0 amide bonds. The van der Waals surface area contributed by atoms with Gasteiger partial charge in [0, 0.05) is 24.9 Å². The molecule has 0 fully saturated rings. The van der Waals surface area contributed by atoms with Crippen molar-refractivity contribution in [2.24, 2.45) is 0 Å². The van der Waals surface area contributed by atoms with Crippen LogP contribution in [0.2, 0.25) is 0 Å². The molecule has 3 nitrogen and oxygen atoms in total. The molecule has 0 aromatic heterocycles. The van der Waals surface area contributed by atoms with Crippen molar-refractivity contribution in [1.29, 1.82) is 0 Å². The number of nitrogens with one attached hydrogen (secondary N) is 1. The molecule has 0 unspecified atom stereocenters. The van der Waals surface area contributed by atoms with Gasteiger partial charge in [-0.2, -0.15) is 0 Å². The van der Waals surface area contributed by atoms with Crippen LogP contribution in [0.4, 0.5) is 5.69 Å². The molecule has 0 aliphatic carbocycles. The first kappa shape index (κ1) is 9.34. The first-order valence-electron chi connectivity index (χ1n) is 4.89. The molecular formula is C11H15NO2. The van der Waals surface area contributed by atoms with Gasteiger partial charge < -0.3 is 14.8 Å². The van der Waals surface area contributed by atoms with E-state index in [1.54, 1.807) is 7.11 Å². The second kappa shape index (κ2) is 4.33. The van der Waals surface area contributed by atoms with Gasteiger partial charge in [0.2, 0.25) is 0 Å². The summed E-state index contributed by atoms with van der Waals surface area (Å²) in [6, 6.07) is 6.08. The molecule has 1 aliphatic rings. The van der Waals surface area contributed by atoms with Crippen molar-refractivity contribution in [3.05, 3.63) is 23.8 Å². The number of benzene rings is 1. The summed E-state index contributed by atoms with van der Waals surface area (Å²) in [5.41, 5.74) is 2.47. The first-order chi connectivity index (χ1) is 6.92. The third-order valence-corrected chi connectivity index (χ3v) is 2.38. The van der Waals surface area contributed by atoms with Crippen LogP contribution in [0.15, 0.2) is 18.2 Å². The van der Waals surface area contributed by atoms with E-state index in [4.69, 9.17) is 9.47 Å². The zero-order valence-electron chi connectivity index (χ0n) is 8.38. The molecule has 76 valence electrons. The van der Waals surface area contributed by atoms with Gasteiger partial charge in [0.15, 0.2) is 6.79 Å². The van der Waals surface area contributed by atoms with Crippen LogP contribution in [0.5, 0.6) is 5.75 Å². The fourth-order valence-corrected chi connectivity index (χ4v) is 1.73. The predicted molar refractivity (Wildman–Crippen MR) is 55.8 cm³/mol. The molecule has 14 heavy (non-hydrogen) atoms. The van der Waals surface area contributed by atoms with Gasteiger partial charge in [-0.05, 0) is 25.0 Å². The van der Waals surface area contributed by atoms with E-state index in [1.165, 1.54) is 17.7 Å². The summed E-state index contributed by atoms with van der Waals surface area (Å²) in [5.74, 6) is 0.941. The van der Waals surface area contributed by atoms with Gasteiger partial charge in [0.05, 0.1) is 0 Å². The molecule has 1 heterocycles. The van der Waals surface area contributed by atoms with Gasteiger partial charge in [-0.25, -0.2) is 0 Å². The monoisotopic (exact) mass is 193 g/mol. The lowest BCUT2D eigenvalue weighted by Crippen LogP contribution is -2.13. The molecule has 0 spiro atoms. The summed E-state index contributed by atoms with van der Waals surface area (Å²) in [4.78, 5) is 0. The number of methoxy groups -OCH3 is 1. The molecule has 2 rings (SSSR count). The molecule has 1 N–H and O–H groups in total. The Morgan fingerprint density at radius 1 is 1.43 bits per heavy atom. The van der Waals surface area contributed by atoms with E-state index < -0.39 is 0 Å². The number of anilines is 1. The number of hydrogen-bond acceptors (Lipinski definition) is 3. The summed E-state index contributed by atoms with van der Waals surface area (Å²) in [6.45, 7) is 1.37. The molecule has 1 aromatic rings. The number of hydrogen-bond donors (Lipinski definition) is 1. The van der Waals surface area contributed by atoms with Gasteiger partial charge >= 0.3 is 0 Å². The van der Waals surface area contributed by atoms with Gasteiger partial charge in [0.1, 0.15) is 5.75 Å². The second-order valence-corrected chi connectivity index (χ2v) is 3.36. The predicted octanol–water partition coefficient (Wildman–Crippen LogP) is 2.03. The topological polar surface area (TPSA) is 30.5 Å². The van der Waals surface area contributed by atoms with Gasteiger partial charge in [0.25, 0.3) is 0 Å². The highest BCUT2D eigenvalue weighted by Gasteiger charge is 2.12. The van der Waals surface area contributed by atoms with Crippen molar-refractivity contribution in [2.75, 3.05) is 25.8 Å². The fourth-order valence-electron chi connectivity index (χ4n) is 1.73. The quantitative estimate of drug-likeness (QED) is 0.745. The average Bonchev–Trinajstić information content (AvgIpc) is 2.26. The van der Waals surface area contributed by atoms with Crippen molar-refractivity contribution in [2.45, 2.75) is 12.8 Å². The zero-order chi connectivity index (χ0) is 9.80. The lowest BCUT2D eigenvalue weighted by molar-refractivity contribution is 0.0504. The Morgan fingerprint density at radius 3 is 3.21 bits per heavy atom. The van der Waals surface area contributed by atoms with Gasteiger partial charge in [-0.15, -0.1) is 0 Å². The van der Waals surface area contributed by atoms with Crippen LogP contribution >= 0.6 is 0 Å². The van der Waals surface area contributed by atoms with Crippen molar-refractivity contribution in [1.82, 2.24) is 0 Å². The van der Waals surface area contributed by atoms with Crippen LogP contribution in [0.1, 0.15) is 12.0 Å². The third kappa shape index (κ3) is 1.82. The van der Waals surface area contributed by atoms with E-state index in [9.17, 15) is 0 Å². The molecule has 0 saturated carbocycles. The maximum absolute atomic E-state index is 5.49. The molecular weight excluding hydrogens is 178 g/mol. The van der Waals surface area contributed by atoms with E-state index in [1.807, 2.05) is 12.1 Å². The number of rotatable bonds is 3. The average molecular weight is 193 g/mol. The van der Waals surface area contributed by atoms with Crippen LogP contribution in [0.3, 0.4) is 0 Å². The Hall–Kier alpha value is -1.22. The van der Waals surface area contributed by atoms with E-state index in [-0.39, 0.29) is 0 Å². The largest absolute Gasteiger partial charge is 0.467 e. The smallest absolute Gasteiger partial charge is 0.188 e. The lowest BCUT2D eigenvalue weighted by atomic mass is 10.0. The molecule has 0 saturated heterocycles. The molecule has 3 heteroatoms. The lowest BCUT2D eigenvalue weighted by Gasteiger charge is -2.20. The van der Waals surface area contributed by atoms with Gasteiger partial charge in [-0.1, -0.05) is 6.07 Å². The normalized spacial score (nSPS) is 14.4. The fraction of sp³-hybridized carbons (Fsp3) is 0.455. The molecule has 0 radical (unpaired) electrons. The molecule has 1 aromatic carbocycles. The maximum Gasteiger partial charge on any atom is 0.188 e. The number of fused-ring (bicyclic) bond motifs is 1. The Morgan fingerprint density at radius 2 is 2.36 bits per heavy atom. The van der Waals surface area contributed by atoms with Crippen molar-refractivity contribution in [3.63, 3.8) is 0 Å². The first-order valence-corrected chi connectivity index (χ1v) is 4.89. The van der Waals surface area contributed by atoms with E-state index in [2.05, 4.69) is 11.4 Å². The highest BCUT2D eigenvalue weighted by atomic mass is 16.7. The SMILES string of the molecule is COCOc1cccc2c1CCCN2. The van der Waals surface area contributed by atoms with Gasteiger partial charge in [-0.3, -0.25) is 0 Å². The minimum atomic E-state index is 0.316. The Bertz CT molecular complexity index is 312. The second-order valence-electron chi connectivity index (χ2n) is 3.36. The molecule has 0 atom stereocenters. The minimum absolute atomic E-state index is 0.316. The standard InChI is InChI=1S/C11H15NO2/c1-13-8-14-11-6-2-5-10-9(11)4-3-7-12-10/h2,5-6,12H,3-4,7-8H2,1H3. The van der Waals surface area contributed by atoms with E-state index in [0.717, 1.165) is 18.7 Å². The van der Waals surface area contributed by atoms with E-state index in [0.29, 0.717) is 6.79 Å². The van der Waals surface area contributed by atoms with E-state index >= 15 is 0 Å². The highest BCUT2D eigenvalue weighted by molar-refractivity contribution is 5.58. The van der Waals surface area contributed by atoms with Crippen LogP contribution in [-0.2, 0) is 11.2 Å². The summed E-state index contributed by atoms with van der Waals surface area (Å²) in [6.07, 6.45) is 2.25. The van der Waals surface area contributed by atoms with Crippen molar-refractivity contribution < 1.29 is 9.47 Å². The minimum Gasteiger partial charge on any atom is -0.467 e. The Kier molecular flexibility index (Phi) is 2.89. The van der Waals surface area contributed by atoms with Crippen LogP contribution < -0.4 is 10.1 Å². The van der Waals surface area contributed by atoms with Crippen molar-refractivity contribution >= 4 is 5.69 Å². The summed E-state index contributed by atoms with van der Waals surface area (Å²) in [7, 11) is 1.63. The Labute approximate surface area is 84.0 Å². The summed E-state index contributed by atoms with van der Waals surface area (Å²) in [5, 5.41) is 3.36. The molecule has 1 aliphatic heterocycles. The van der Waals surface area contributed by atoms with Crippen LogP contribution in [-0.4, -0.2) is 20.4 Å². The maximum atomic E-state index is 5.49. The Balaban J connectivity index is 2.21. The van der Waals surface area contributed by atoms with Crippen molar-refractivity contribution in [3.8, 4) is 5.75 Å². The van der Waals surface area contributed by atoms with Crippen LogP contribution in [0, 0.1) is 0 Å². The van der Waals surface area contributed by atoms with Crippen LogP contribution in [0.25, 0.3) is 0 Å². The highest BCUT2D eigenvalue weighted by Crippen LogP contribution is 2.30. The molecule has 0 bridgehead atoms. The third-order valence-electron chi connectivity index (χ3n) is 2.38. The summed E-state index contributed by atoms with van der Waals surface area (Å²) < 4.78 is 10.4. The summed E-state index contributed by atoms with van der Waals surface area (Å²) >= 11 is 0. The zero-order valence-corrected chi connectivity index (χ0v) is 8.38. The number of ether oxygens (including phenoxy) is 2.